The van der Waals surface area contributed by atoms with Crippen molar-refractivity contribution < 1.29 is 9.53 Å². The predicted octanol–water partition coefficient (Wildman–Crippen LogP) is 1.83. The van der Waals surface area contributed by atoms with E-state index in [0.717, 1.165) is 17.5 Å². The van der Waals surface area contributed by atoms with Gasteiger partial charge in [0.05, 0.1) is 17.6 Å². The van der Waals surface area contributed by atoms with Crippen molar-refractivity contribution in [2.24, 2.45) is 5.73 Å². The van der Waals surface area contributed by atoms with Crippen LogP contribution in [-0.2, 0) is 9.53 Å². The second-order valence-corrected chi connectivity index (χ2v) is 4.48. The Labute approximate surface area is 135 Å². The lowest BCUT2D eigenvalue weighted by Crippen LogP contribution is -2.16. The van der Waals surface area contributed by atoms with Crippen LogP contribution in [0, 0.1) is 0 Å². The molecule has 1 heterocycles. The maximum atomic E-state index is 12.1. The van der Waals surface area contributed by atoms with Crippen LogP contribution in [0.25, 0.3) is 16.6 Å². The number of hydrogen-bond donors (Lipinski definition) is 3. The summed E-state index contributed by atoms with van der Waals surface area (Å²) in [5.41, 5.74) is 7.51. The molecule has 22 heavy (non-hydrogen) atoms. The summed E-state index contributed by atoms with van der Waals surface area (Å²) in [5.74, 6) is 0.0895. The molecule has 7 heteroatoms. The maximum absolute atomic E-state index is 12.1. The van der Waals surface area contributed by atoms with E-state index in [1.165, 1.54) is 0 Å². The number of fused-ring (bicyclic) bond motifs is 1. The van der Waals surface area contributed by atoms with Crippen LogP contribution in [0.15, 0.2) is 30.5 Å². The topological polar surface area (TPSA) is 93.0 Å². The molecule has 1 aromatic carbocycles. The van der Waals surface area contributed by atoms with E-state index >= 15 is 0 Å². The van der Waals surface area contributed by atoms with Crippen LogP contribution in [0.1, 0.15) is 19.2 Å². The number of imidazole rings is 1. The molecular formula is C15H21ClN4O2. The van der Waals surface area contributed by atoms with Crippen LogP contribution in [0.4, 0.5) is 0 Å². The van der Waals surface area contributed by atoms with Crippen molar-refractivity contribution >= 4 is 35.0 Å². The van der Waals surface area contributed by atoms with E-state index in [2.05, 4.69) is 15.3 Å². The lowest BCUT2D eigenvalue weighted by atomic mass is 10.2. The van der Waals surface area contributed by atoms with Crippen LogP contribution < -0.4 is 11.1 Å². The molecule has 2 rings (SSSR count). The third-order valence-electron chi connectivity index (χ3n) is 2.91. The van der Waals surface area contributed by atoms with Gasteiger partial charge in [-0.1, -0.05) is 12.1 Å². The lowest BCUT2D eigenvalue weighted by molar-refractivity contribution is -0.136. The molecule has 0 aliphatic heterocycles. The second kappa shape index (κ2) is 9.07. The number of nitrogens with two attached hydrogens (primary N) is 1. The number of aromatic amines is 1. The molecule has 0 saturated carbocycles. The minimum Gasteiger partial charge on any atom is -0.462 e. The van der Waals surface area contributed by atoms with Crippen LogP contribution >= 0.6 is 12.4 Å². The number of benzene rings is 1. The Morgan fingerprint density at radius 1 is 1.45 bits per heavy atom. The standard InChI is InChI=1S/C15H20N4O2.ClH/c1-2-21-15(20)11(10-17-9-5-8-16)14-18-12-6-3-4-7-13(12)19-14;/h3-4,6-7,10,17H,2,5,8-9,16H2,1H3,(H,18,19);1H. The van der Waals surface area contributed by atoms with Gasteiger partial charge in [0.25, 0.3) is 0 Å². The molecule has 0 saturated heterocycles. The normalized spacial score (nSPS) is 11.1. The van der Waals surface area contributed by atoms with Crippen molar-refractivity contribution in [3.63, 3.8) is 0 Å². The van der Waals surface area contributed by atoms with Gasteiger partial charge in [-0.05, 0) is 32.0 Å². The van der Waals surface area contributed by atoms with Crippen molar-refractivity contribution in [1.29, 1.82) is 0 Å². The molecule has 6 nitrogen and oxygen atoms in total. The van der Waals surface area contributed by atoms with Crippen LogP contribution in [0.3, 0.4) is 0 Å². The van der Waals surface area contributed by atoms with Crippen molar-refractivity contribution in [2.45, 2.75) is 13.3 Å². The molecule has 0 radical (unpaired) electrons. The Hall–Kier alpha value is -2.05. The largest absolute Gasteiger partial charge is 0.462 e. The smallest absolute Gasteiger partial charge is 0.343 e. The van der Waals surface area contributed by atoms with Crippen LogP contribution in [0.5, 0.6) is 0 Å². The molecule has 4 N–H and O–H groups in total. The zero-order valence-electron chi connectivity index (χ0n) is 12.5. The summed E-state index contributed by atoms with van der Waals surface area (Å²) in [6.07, 6.45) is 2.46. The predicted molar refractivity (Wildman–Crippen MR) is 89.6 cm³/mol. The molecule has 2 aromatic rings. The van der Waals surface area contributed by atoms with Crippen LogP contribution in [0.2, 0.25) is 0 Å². The van der Waals surface area contributed by atoms with E-state index in [-0.39, 0.29) is 12.4 Å². The fourth-order valence-corrected chi connectivity index (χ4v) is 1.89. The third-order valence-corrected chi connectivity index (χ3v) is 2.91. The number of aromatic nitrogens is 2. The molecule has 0 aliphatic rings. The molecule has 0 amide bonds. The van der Waals surface area contributed by atoms with Gasteiger partial charge in [-0.2, -0.15) is 0 Å². The number of ether oxygens (including phenoxy) is 1. The Morgan fingerprint density at radius 2 is 2.23 bits per heavy atom. The summed E-state index contributed by atoms with van der Waals surface area (Å²) in [7, 11) is 0. The molecule has 0 spiro atoms. The summed E-state index contributed by atoms with van der Waals surface area (Å²) in [6.45, 7) is 3.38. The van der Waals surface area contributed by atoms with E-state index in [1.807, 2.05) is 24.3 Å². The highest BCUT2D eigenvalue weighted by Crippen LogP contribution is 2.17. The number of esters is 1. The van der Waals surface area contributed by atoms with Gasteiger partial charge < -0.3 is 20.8 Å². The Bertz CT molecular complexity index is 606. The van der Waals surface area contributed by atoms with E-state index in [1.54, 1.807) is 13.1 Å². The SMILES string of the molecule is CCOC(=O)C(=CNCCCN)c1nc2ccccc2[nH]1.Cl. The maximum Gasteiger partial charge on any atom is 0.343 e. The quantitative estimate of drug-likeness (QED) is 0.410. The van der Waals surface area contributed by atoms with Gasteiger partial charge in [-0.15, -0.1) is 12.4 Å². The molecule has 0 atom stereocenters. The number of halogens is 1. The van der Waals surface area contributed by atoms with Crippen LogP contribution in [-0.4, -0.2) is 35.6 Å². The summed E-state index contributed by atoms with van der Waals surface area (Å²) < 4.78 is 5.08. The number of H-pyrrole nitrogens is 1. The molecule has 0 fully saturated rings. The van der Waals surface area contributed by atoms with Crippen molar-refractivity contribution in [1.82, 2.24) is 15.3 Å². The summed E-state index contributed by atoms with van der Waals surface area (Å²) in [6, 6.07) is 7.62. The highest BCUT2D eigenvalue weighted by atomic mass is 35.5. The lowest BCUT2D eigenvalue weighted by Gasteiger charge is -2.05. The number of nitrogens with zero attached hydrogens (tertiary/aromatic N) is 1. The molecule has 0 unspecified atom stereocenters. The minimum absolute atomic E-state index is 0. The number of carbonyl (C=O) groups is 1. The van der Waals surface area contributed by atoms with E-state index < -0.39 is 5.97 Å². The zero-order valence-corrected chi connectivity index (χ0v) is 13.3. The molecule has 1 aromatic heterocycles. The van der Waals surface area contributed by atoms with Crippen molar-refractivity contribution in [2.75, 3.05) is 19.7 Å². The molecule has 120 valence electrons. The highest BCUT2D eigenvalue weighted by molar-refractivity contribution is 6.15. The number of rotatable bonds is 7. The molecule has 0 bridgehead atoms. The minimum atomic E-state index is -0.406. The van der Waals surface area contributed by atoms with E-state index in [9.17, 15) is 4.79 Å². The van der Waals surface area contributed by atoms with Gasteiger partial charge in [0.15, 0.2) is 0 Å². The number of carbonyl (C=O) groups excluding carboxylic acids is 1. The van der Waals surface area contributed by atoms with Gasteiger partial charge >= 0.3 is 5.97 Å². The third kappa shape index (κ3) is 4.47. The van der Waals surface area contributed by atoms with E-state index in [4.69, 9.17) is 10.5 Å². The molecule has 0 aliphatic carbocycles. The van der Waals surface area contributed by atoms with Gasteiger partial charge in [-0.3, -0.25) is 0 Å². The molecular weight excluding hydrogens is 304 g/mol. The average Bonchev–Trinajstić information content (AvgIpc) is 2.90. The average molecular weight is 325 g/mol. The van der Waals surface area contributed by atoms with Gasteiger partial charge in [-0.25, -0.2) is 9.78 Å². The summed E-state index contributed by atoms with van der Waals surface area (Å²) in [4.78, 5) is 19.6. The van der Waals surface area contributed by atoms with Crippen molar-refractivity contribution in [3.8, 4) is 0 Å². The monoisotopic (exact) mass is 324 g/mol. The summed E-state index contributed by atoms with van der Waals surface area (Å²) in [5, 5.41) is 3.07. The zero-order chi connectivity index (χ0) is 15.1. The first-order valence-electron chi connectivity index (χ1n) is 7.02. The van der Waals surface area contributed by atoms with Gasteiger partial charge in [0.2, 0.25) is 0 Å². The second-order valence-electron chi connectivity index (χ2n) is 4.48. The van der Waals surface area contributed by atoms with Gasteiger partial charge in [0, 0.05) is 12.7 Å². The Morgan fingerprint density at radius 3 is 2.91 bits per heavy atom. The first kappa shape index (κ1) is 18.0. The highest BCUT2D eigenvalue weighted by Gasteiger charge is 2.17. The Kier molecular flexibility index (Phi) is 7.42. The number of hydrogen-bond acceptors (Lipinski definition) is 5. The first-order valence-corrected chi connectivity index (χ1v) is 7.02. The number of nitrogens with one attached hydrogen (secondary N) is 2. The Balaban J connectivity index is 0.00000242. The summed E-state index contributed by atoms with van der Waals surface area (Å²) >= 11 is 0. The fourth-order valence-electron chi connectivity index (χ4n) is 1.89. The fraction of sp³-hybridized carbons (Fsp3) is 0.333. The van der Waals surface area contributed by atoms with Gasteiger partial charge in [0.1, 0.15) is 11.4 Å². The van der Waals surface area contributed by atoms with Crippen molar-refractivity contribution in [3.05, 3.63) is 36.3 Å². The number of para-hydroxylation sites is 2. The van der Waals surface area contributed by atoms with E-state index in [0.29, 0.717) is 31.1 Å². The first-order chi connectivity index (χ1) is 10.3.